The van der Waals surface area contributed by atoms with E-state index in [0.29, 0.717) is 6.04 Å². The highest BCUT2D eigenvalue weighted by atomic mass is 16.5. The Morgan fingerprint density at radius 2 is 2.20 bits per heavy atom. The second kappa shape index (κ2) is 6.42. The summed E-state index contributed by atoms with van der Waals surface area (Å²) in [5, 5.41) is 1.18. The van der Waals surface area contributed by atoms with E-state index in [2.05, 4.69) is 48.3 Å². The summed E-state index contributed by atoms with van der Waals surface area (Å²) < 4.78 is 7.57. The third kappa shape index (κ3) is 3.10. The number of fused-ring (bicyclic) bond motifs is 1. The van der Waals surface area contributed by atoms with Gasteiger partial charge >= 0.3 is 0 Å². The molecule has 0 radical (unpaired) electrons. The third-order valence-electron chi connectivity index (χ3n) is 3.20. The average Bonchev–Trinajstić information content (AvgIpc) is 2.80. The largest absolute Gasteiger partial charge is 0.497 e. The molecule has 0 bridgehead atoms. The minimum Gasteiger partial charge on any atom is -0.497 e. The number of hydrogen-bond donors (Lipinski definition) is 0. The van der Waals surface area contributed by atoms with Gasteiger partial charge in [-0.25, -0.2) is 0 Å². The number of nitrogens with zero attached hydrogens (tertiary/aromatic N) is 2. The lowest BCUT2D eigenvalue weighted by Gasteiger charge is -2.04. The number of allylic oxidation sites excluding steroid dienone is 1. The van der Waals surface area contributed by atoms with Gasteiger partial charge in [-0.15, -0.1) is 6.58 Å². The lowest BCUT2D eigenvalue weighted by molar-refractivity contribution is 0.415. The van der Waals surface area contributed by atoms with Crippen LogP contribution in [0.1, 0.15) is 25.8 Å². The summed E-state index contributed by atoms with van der Waals surface area (Å²) in [4.78, 5) is 4.49. The highest BCUT2D eigenvalue weighted by molar-refractivity contribution is 6.00. The van der Waals surface area contributed by atoms with Gasteiger partial charge in [-0.3, -0.25) is 4.99 Å². The van der Waals surface area contributed by atoms with E-state index in [1.54, 1.807) is 7.11 Å². The summed E-state index contributed by atoms with van der Waals surface area (Å²) in [7, 11) is 1.69. The van der Waals surface area contributed by atoms with E-state index in [1.165, 1.54) is 10.9 Å². The molecule has 106 valence electrons. The second-order valence-electron chi connectivity index (χ2n) is 5.11. The molecule has 0 spiro atoms. The molecule has 3 nitrogen and oxygen atoms in total. The lowest BCUT2D eigenvalue weighted by atomic mass is 10.2. The number of hydrogen-bond acceptors (Lipinski definition) is 2. The van der Waals surface area contributed by atoms with Crippen molar-refractivity contribution in [3.8, 4) is 5.75 Å². The summed E-state index contributed by atoms with van der Waals surface area (Å²) in [6, 6.07) is 6.47. The van der Waals surface area contributed by atoms with Crippen molar-refractivity contribution in [1.29, 1.82) is 0 Å². The zero-order valence-electron chi connectivity index (χ0n) is 12.5. The van der Waals surface area contributed by atoms with Crippen LogP contribution in [0.5, 0.6) is 5.75 Å². The highest BCUT2D eigenvalue weighted by Gasteiger charge is 2.08. The Morgan fingerprint density at radius 1 is 1.40 bits per heavy atom. The van der Waals surface area contributed by atoms with Crippen LogP contribution in [0.4, 0.5) is 0 Å². The minimum absolute atomic E-state index is 0.298. The molecule has 1 heterocycles. The quantitative estimate of drug-likeness (QED) is 0.574. The zero-order chi connectivity index (χ0) is 14.5. The Kier molecular flexibility index (Phi) is 4.61. The summed E-state index contributed by atoms with van der Waals surface area (Å²) >= 11 is 0. The summed E-state index contributed by atoms with van der Waals surface area (Å²) in [6.07, 6.45) is 7.00. The number of rotatable bonds is 6. The fraction of sp³-hybridized carbons (Fsp3) is 0.353. The standard InChI is InChI=1S/C17H22N2O/c1-5-6-9-19-12-14(11-18-13(2)3)16-10-15(20-4)7-8-17(16)19/h5,7-8,10-13H,1,6,9H2,2-4H3. The molecule has 0 atom stereocenters. The van der Waals surface area contributed by atoms with E-state index in [4.69, 9.17) is 4.74 Å². The maximum absolute atomic E-state index is 5.32. The van der Waals surface area contributed by atoms with Gasteiger partial charge in [0.1, 0.15) is 5.75 Å². The molecule has 20 heavy (non-hydrogen) atoms. The molecule has 2 rings (SSSR count). The molecule has 0 unspecified atom stereocenters. The number of aryl methyl sites for hydroxylation is 1. The van der Waals surface area contributed by atoms with Gasteiger partial charge in [0.25, 0.3) is 0 Å². The third-order valence-corrected chi connectivity index (χ3v) is 3.20. The Balaban J connectivity index is 2.50. The summed E-state index contributed by atoms with van der Waals surface area (Å²) in [5.74, 6) is 0.873. The molecular weight excluding hydrogens is 248 g/mol. The smallest absolute Gasteiger partial charge is 0.119 e. The molecule has 0 saturated heterocycles. The SMILES string of the molecule is C=CCCn1cc(C=NC(C)C)c2cc(OC)ccc21. The first-order valence-corrected chi connectivity index (χ1v) is 6.96. The fourth-order valence-electron chi connectivity index (χ4n) is 2.18. The van der Waals surface area contributed by atoms with E-state index in [-0.39, 0.29) is 0 Å². The van der Waals surface area contributed by atoms with Crippen molar-refractivity contribution in [2.24, 2.45) is 4.99 Å². The Hall–Kier alpha value is -2.03. The van der Waals surface area contributed by atoms with Crippen molar-refractivity contribution >= 4 is 17.1 Å². The molecule has 0 aliphatic rings. The lowest BCUT2D eigenvalue weighted by Crippen LogP contribution is -1.94. The molecular formula is C17H22N2O. The van der Waals surface area contributed by atoms with Crippen LogP contribution >= 0.6 is 0 Å². The number of methoxy groups -OCH3 is 1. The van der Waals surface area contributed by atoms with E-state index in [0.717, 1.165) is 24.3 Å². The molecule has 0 aliphatic carbocycles. The fourth-order valence-corrected chi connectivity index (χ4v) is 2.18. The van der Waals surface area contributed by atoms with Gasteiger partial charge in [-0.2, -0.15) is 0 Å². The summed E-state index contributed by atoms with van der Waals surface area (Å²) in [6.45, 7) is 8.88. The molecule has 2 aromatic rings. The minimum atomic E-state index is 0.298. The molecule has 1 aromatic heterocycles. The summed E-state index contributed by atoms with van der Waals surface area (Å²) in [5.41, 5.74) is 2.34. The van der Waals surface area contributed by atoms with Gasteiger partial charge in [0, 0.05) is 41.5 Å². The number of benzene rings is 1. The van der Waals surface area contributed by atoms with Gasteiger partial charge in [0.05, 0.1) is 7.11 Å². The van der Waals surface area contributed by atoms with Crippen molar-refractivity contribution < 1.29 is 4.74 Å². The number of aliphatic imine (C=N–C) groups is 1. The molecule has 0 aliphatic heterocycles. The van der Waals surface area contributed by atoms with E-state index >= 15 is 0 Å². The first-order chi connectivity index (χ1) is 9.65. The van der Waals surface area contributed by atoms with Crippen molar-refractivity contribution in [3.63, 3.8) is 0 Å². The van der Waals surface area contributed by atoms with E-state index in [9.17, 15) is 0 Å². The van der Waals surface area contributed by atoms with Crippen molar-refractivity contribution in [1.82, 2.24) is 4.57 Å². The highest BCUT2D eigenvalue weighted by Crippen LogP contribution is 2.25. The first-order valence-electron chi connectivity index (χ1n) is 6.96. The van der Waals surface area contributed by atoms with E-state index in [1.807, 2.05) is 18.4 Å². The predicted octanol–water partition coefficient (Wildman–Crippen LogP) is 4.05. The maximum atomic E-state index is 5.32. The normalized spacial score (nSPS) is 11.6. The molecule has 0 saturated carbocycles. The number of ether oxygens (including phenoxy) is 1. The number of aromatic nitrogens is 1. The van der Waals surface area contributed by atoms with Crippen LogP contribution in [-0.4, -0.2) is 23.9 Å². The topological polar surface area (TPSA) is 26.5 Å². The monoisotopic (exact) mass is 270 g/mol. The molecule has 1 aromatic carbocycles. The van der Waals surface area contributed by atoms with Crippen molar-refractivity contribution in [2.45, 2.75) is 32.9 Å². The van der Waals surface area contributed by atoms with Gasteiger partial charge in [0.2, 0.25) is 0 Å². The van der Waals surface area contributed by atoms with Crippen LogP contribution < -0.4 is 4.74 Å². The van der Waals surface area contributed by atoms with Crippen molar-refractivity contribution in [3.05, 3.63) is 42.6 Å². The Bertz CT molecular complexity index is 623. The maximum Gasteiger partial charge on any atom is 0.119 e. The zero-order valence-corrected chi connectivity index (χ0v) is 12.5. The first kappa shape index (κ1) is 14.4. The van der Waals surface area contributed by atoms with Crippen LogP contribution in [0.15, 0.2) is 42.0 Å². The van der Waals surface area contributed by atoms with Crippen LogP contribution in [0.3, 0.4) is 0 Å². The molecule has 0 N–H and O–H groups in total. The van der Waals surface area contributed by atoms with Crippen molar-refractivity contribution in [2.75, 3.05) is 7.11 Å². The van der Waals surface area contributed by atoms with Gasteiger partial charge in [-0.05, 0) is 38.5 Å². The molecule has 0 amide bonds. The van der Waals surface area contributed by atoms with Crippen LogP contribution in [-0.2, 0) is 6.54 Å². The average molecular weight is 270 g/mol. The Morgan fingerprint density at radius 3 is 2.85 bits per heavy atom. The molecule has 0 fully saturated rings. The van der Waals surface area contributed by atoms with Crippen LogP contribution in [0.2, 0.25) is 0 Å². The molecule has 3 heteroatoms. The van der Waals surface area contributed by atoms with Gasteiger partial charge < -0.3 is 9.30 Å². The Labute approximate surface area is 120 Å². The van der Waals surface area contributed by atoms with Crippen LogP contribution in [0, 0.1) is 0 Å². The predicted molar refractivity (Wildman–Crippen MR) is 86.0 cm³/mol. The van der Waals surface area contributed by atoms with Gasteiger partial charge in [0.15, 0.2) is 0 Å². The van der Waals surface area contributed by atoms with Crippen LogP contribution in [0.25, 0.3) is 10.9 Å². The van der Waals surface area contributed by atoms with E-state index < -0.39 is 0 Å². The second-order valence-corrected chi connectivity index (χ2v) is 5.11. The van der Waals surface area contributed by atoms with Gasteiger partial charge in [-0.1, -0.05) is 6.08 Å².